The Balaban J connectivity index is 1.96. The zero-order valence-electron chi connectivity index (χ0n) is 10.2. The number of amides is 1. The summed E-state index contributed by atoms with van der Waals surface area (Å²) in [6.45, 7) is 2.78. The fraction of sp³-hybridized carbons (Fsp3) is 0.462. The molecule has 0 fully saturated rings. The van der Waals surface area contributed by atoms with E-state index in [2.05, 4.69) is 18.4 Å². The highest BCUT2D eigenvalue weighted by atomic mass is 32.1. The topological polar surface area (TPSA) is 46.3 Å². The van der Waals surface area contributed by atoms with Crippen molar-refractivity contribution in [1.29, 1.82) is 0 Å². The summed E-state index contributed by atoms with van der Waals surface area (Å²) in [4.78, 5) is 15.2. The molecule has 0 aromatic carbocycles. The lowest BCUT2D eigenvalue weighted by Gasteiger charge is -2.20. The first-order valence-electron chi connectivity index (χ1n) is 5.80. The number of nitrogens with zero attached hydrogens (tertiary/aromatic N) is 1. The summed E-state index contributed by atoms with van der Waals surface area (Å²) in [5.41, 5.74) is 7.03. The minimum Gasteiger partial charge on any atom is -0.340 e. The number of carbonyl (C=O) groups is 1. The van der Waals surface area contributed by atoms with Gasteiger partial charge in [0, 0.05) is 18.0 Å². The van der Waals surface area contributed by atoms with Crippen LogP contribution >= 0.6 is 11.3 Å². The Kier molecular flexibility index (Phi) is 3.64. The van der Waals surface area contributed by atoms with E-state index in [9.17, 15) is 4.79 Å². The van der Waals surface area contributed by atoms with E-state index in [-0.39, 0.29) is 17.9 Å². The zero-order chi connectivity index (χ0) is 12.4. The lowest BCUT2D eigenvalue weighted by Crippen LogP contribution is -2.32. The number of hydrogen-bond acceptors (Lipinski definition) is 3. The highest BCUT2D eigenvalue weighted by Gasteiger charge is 2.25. The summed E-state index contributed by atoms with van der Waals surface area (Å²) in [5, 5.41) is 2.06. The van der Waals surface area contributed by atoms with Gasteiger partial charge in [0.25, 0.3) is 0 Å². The van der Waals surface area contributed by atoms with E-state index in [0.717, 1.165) is 6.42 Å². The standard InChI is InChI=1S/C13H18N2OS/c1-9-5-6-17-12(9)8-15(2)13(16)10-3-4-11(14)7-10/h3-6,10-11H,7-8,14H2,1-2H3. The quantitative estimate of drug-likeness (QED) is 0.833. The second-order valence-corrected chi connectivity index (χ2v) is 5.61. The van der Waals surface area contributed by atoms with Gasteiger partial charge < -0.3 is 10.6 Å². The summed E-state index contributed by atoms with van der Waals surface area (Å²) >= 11 is 1.70. The second-order valence-electron chi connectivity index (χ2n) is 4.61. The van der Waals surface area contributed by atoms with E-state index in [4.69, 9.17) is 5.73 Å². The van der Waals surface area contributed by atoms with E-state index in [0.29, 0.717) is 6.54 Å². The van der Waals surface area contributed by atoms with Crippen LogP contribution in [0.1, 0.15) is 16.9 Å². The molecule has 4 heteroatoms. The van der Waals surface area contributed by atoms with Gasteiger partial charge in [-0.05, 0) is 30.4 Å². The fourth-order valence-electron chi connectivity index (χ4n) is 2.05. The first-order chi connectivity index (χ1) is 8.08. The number of thiophene rings is 1. The first-order valence-corrected chi connectivity index (χ1v) is 6.67. The van der Waals surface area contributed by atoms with Crippen molar-refractivity contribution in [3.05, 3.63) is 34.0 Å². The molecule has 0 bridgehead atoms. The summed E-state index contributed by atoms with van der Waals surface area (Å²) in [5.74, 6) is 0.136. The molecule has 2 rings (SSSR count). The molecule has 0 saturated carbocycles. The average molecular weight is 250 g/mol. The van der Waals surface area contributed by atoms with Gasteiger partial charge in [0.05, 0.1) is 12.5 Å². The van der Waals surface area contributed by atoms with E-state index >= 15 is 0 Å². The van der Waals surface area contributed by atoms with Crippen LogP contribution in [-0.4, -0.2) is 23.9 Å². The molecule has 92 valence electrons. The van der Waals surface area contributed by atoms with Crippen LogP contribution in [0, 0.1) is 12.8 Å². The normalized spacial score (nSPS) is 23.0. The van der Waals surface area contributed by atoms with Crippen molar-refractivity contribution in [2.24, 2.45) is 11.7 Å². The summed E-state index contributed by atoms with van der Waals surface area (Å²) in [6, 6.07) is 2.13. The molecular weight excluding hydrogens is 232 g/mol. The molecule has 1 aromatic rings. The van der Waals surface area contributed by atoms with E-state index in [1.807, 2.05) is 19.2 Å². The second kappa shape index (κ2) is 5.02. The largest absolute Gasteiger partial charge is 0.340 e. The van der Waals surface area contributed by atoms with Crippen LogP contribution in [0.5, 0.6) is 0 Å². The van der Waals surface area contributed by atoms with Crippen LogP contribution in [-0.2, 0) is 11.3 Å². The maximum Gasteiger partial charge on any atom is 0.229 e. The SMILES string of the molecule is Cc1ccsc1CN(C)C(=O)C1C=CC(N)C1. The van der Waals surface area contributed by atoms with Gasteiger partial charge in [0.15, 0.2) is 0 Å². The highest BCUT2D eigenvalue weighted by Crippen LogP contribution is 2.22. The van der Waals surface area contributed by atoms with Crippen LogP contribution in [0.3, 0.4) is 0 Å². The molecule has 1 amide bonds. The lowest BCUT2D eigenvalue weighted by molar-refractivity contribution is -0.133. The highest BCUT2D eigenvalue weighted by molar-refractivity contribution is 7.10. The molecule has 0 radical (unpaired) electrons. The Labute approximate surface area is 106 Å². The predicted molar refractivity (Wildman–Crippen MR) is 70.8 cm³/mol. The van der Waals surface area contributed by atoms with Gasteiger partial charge in [0.1, 0.15) is 0 Å². The number of carbonyl (C=O) groups excluding carboxylic acids is 1. The van der Waals surface area contributed by atoms with Gasteiger partial charge in [-0.25, -0.2) is 0 Å². The lowest BCUT2D eigenvalue weighted by atomic mass is 10.1. The van der Waals surface area contributed by atoms with Crippen LogP contribution in [0.4, 0.5) is 0 Å². The van der Waals surface area contributed by atoms with Crippen molar-refractivity contribution >= 4 is 17.2 Å². The molecule has 1 aliphatic carbocycles. The summed E-state index contributed by atoms with van der Waals surface area (Å²) < 4.78 is 0. The summed E-state index contributed by atoms with van der Waals surface area (Å²) in [6.07, 6.45) is 4.60. The Hall–Kier alpha value is -1.13. The number of nitrogens with two attached hydrogens (primary N) is 1. The summed E-state index contributed by atoms with van der Waals surface area (Å²) in [7, 11) is 1.86. The molecule has 1 heterocycles. The maximum absolute atomic E-state index is 12.2. The van der Waals surface area contributed by atoms with E-state index in [1.54, 1.807) is 16.2 Å². The first kappa shape index (κ1) is 12.3. The molecule has 1 aliphatic rings. The third-order valence-electron chi connectivity index (χ3n) is 3.16. The minimum absolute atomic E-state index is 0.0322. The van der Waals surface area contributed by atoms with Gasteiger partial charge in [-0.2, -0.15) is 0 Å². The van der Waals surface area contributed by atoms with Gasteiger partial charge in [-0.1, -0.05) is 12.2 Å². The molecule has 2 unspecified atom stereocenters. The fourth-order valence-corrected chi connectivity index (χ4v) is 3.01. The molecule has 0 spiro atoms. The van der Waals surface area contributed by atoms with Crippen molar-refractivity contribution in [3.8, 4) is 0 Å². The Morgan fingerprint density at radius 3 is 2.88 bits per heavy atom. The average Bonchev–Trinajstić information content (AvgIpc) is 2.88. The van der Waals surface area contributed by atoms with E-state index in [1.165, 1.54) is 10.4 Å². The van der Waals surface area contributed by atoms with Gasteiger partial charge in [-0.3, -0.25) is 4.79 Å². The van der Waals surface area contributed by atoms with E-state index < -0.39 is 0 Å². The van der Waals surface area contributed by atoms with Crippen LogP contribution in [0.2, 0.25) is 0 Å². The molecule has 2 atom stereocenters. The molecule has 0 aliphatic heterocycles. The molecule has 17 heavy (non-hydrogen) atoms. The third kappa shape index (κ3) is 2.76. The van der Waals surface area contributed by atoms with Crippen molar-refractivity contribution in [3.63, 3.8) is 0 Å². The molecule has 3 nitrogen and oxygen atoms in total. The van der Waals surface area contributed by atoms with Crippen molar-refractivity contribution in [2.45, 2.75) is 25.9 Å². The molecule has 2 N–H and O–H groups in total. The number of rotatable bonds is 3. The van der Waals surface area contributed by atoms with Gasteiger partial charge in [-0.15, -0.1) is 11.3 Å². The smallest absolute Gasteiger partial charge is 0.229 e. The number of aryl methyl sites for hydroxylation is 1. The molecule has 0 saturated heterocycles. The predicted octanol–water partition coefficient (Wildman–Crippen LogP) is 1.92. The monoisotopic (exact) mass is 250 g/mol. The molecule has 1 aromatic heterocycles. The van der Waals surface area contributed by atoms with Gasteiger partial charge in [0.2, 0.25) is 5.91 Å². The molecular formula is C13H18N2OS. The van der Waals surface area contributed by atoms with Crippen LogP contribution < -0.4 is 5.73 Å². The minimum atomic E-state index is -0.0322. The van der Waals surface area contributed by atoms with Gasteiger partial charge >= 0.3 is 0 Å². The van der Waals surface area contributed by atoms with Crippen LogP contribution in [0.25, 0.3) is 0 Å². The third-order valence-corrected chi connectivity index (χ3v) is 4.17. The Morgan fingerprint density at radius 2 is 2.35 bits per heavy atom. The Morgan fingerprint density at radius 1 is 1.59 bits per heavy atom. The zero-order valence-corrected chi connectivity index (χ0v) is 11.0. The Bertz CT molecular complexity index is 438. The maximum atomic E-state index is 12.2. The van der Waals surface area contributed by atoms with Crippen molar-refractivity contribution in [2.75, 3.05) is 7.05 Å². The van der Waals surface area contributed by atoms with Crippen LogP contribution in [0.15, 0.2) is 23.6 Å². The number of hydrogen-bond donors (Lipinski definition) is 1. The van der Waals surface area contributed by atoms with Crippen molar-refractivity contribution in [1.82, 2.24) is 4.90 Å². The van der Waals surface area contributed by atoms with Crippen molar-refractivity contribution < 1.29 is 4.79 Å².